The van der Waals surface area contributed by atoms with Crippen molar-refractivity contribution >= 4 is 24.8 Å². The SMILES string of the molecule is Cl.Cl.c1ccc(COc2ccc(CN3CCNCC3)cc2)cc1. The summed E-state index contributed by atoms with van der Waals surface area (Å²) in [5, 5.41) is 3.38. The van der Waals surface area contributed by atoms with Crippen LogP contribution in [0.2, 0.25) is 0 Å². The van der Waals surface area contributed by atoms with Crippen molar-refractivity contribution in [1.82, 2.24) is 10.2 Å². The molecule has 2 aromatic carbocycles. The average Bonchev–Trinajstić information content (AvgIpc) is 2.56. The summed E-state index contributed by atoms with van der Waals surface area (Å²) in [5.41, 5.74) is 2.55. The molecule has 1 fully saturated rings. The molecule has 1 aliphatic heterocycles. The molecule has 0 aromatic heterocycles. The Morgan fingerprint density at radius 3 is 2.13 bits per heavy atom. The summed E-state index contributed by atoms with van der Waals surface area (Å²) in [6.07, 6.45) is 0. The molecule has 0 bridgehead atoms. The molecule has 0 saturated carbocycles. The van der Waals surface area contributed by atoms with Crippen molar-refractivity contribution < 1.29 is 4.74 Å². The molecule has 0 spiro atoms. The maximum Gasteiger partial charge on any atom is 0.119 e. The topological polar surface area (TPSA) is 24.5 Å². The molecule has 0 atom stereocenters. The molecule has 1 N–H and O–H groups in total. The normalized spacial score (nSPS) is 14.4. The highest BCUT2D eigenvalue weighted by Crippen LogP contribution is 2.15. The van der Waals surface area contributed by atoms with E-state index >= 15 is 0 Å². The van der Waals surface area contributed by atoms with E-state index in [1.54, 1.807) is 0 Å². The summed E-state index contributed by atoms with van der Waals surface area (Å²) in [6, 6.07) is 18.7. The lowest BCUT2D eigenvalue weighted by Gasteiger charge is -2.27. The van der Waals surface area contributed by atoms with E-state index < -0.39 is 0 Å². The highest BCUT2D eigenvalue weighted by molar-refractivity contribution is 5.85. The lowest BCUT2D eigenvalue weighted by Crippen LogP contribution is -2.42. The molecule has 0 unspecified atom stereocenters. The zero-order valence-electron chi connectivity index (χ0n) is 13.1. The van der Waals surface area contributed by atoms with Crippen LogP contribution in [0.25, 0.3) is 0 Å². The number of nitrogens with zero attached hydrogens (tertiary/aromatic N) is 1. The number of rotatable bonds is 5. The Balaban J connectivity index is 0.00000132. The van der Waals surface area contributed by atoms with E-state index in [1.807, 2.05) is 18.2 Å². The van der Waals surface area contributed by atoms with Crippen LogP contribution in [0.5, 0.6) is 5.75 Å². The molecule has 126 valence electrons. The summed E-state index contributed by atoms with van der Waals surface area (Å²) < 4.78 is 5.81. The molecular weight excluding hydrogens is 331 g/mol. The van der Waals surface area contributed by atoms with Gasteiger partial charge in [0.25, 0.3) is 0 Å². The van der Waals surface area contributed by atoms with Gasteiger partial charge in [-0.15, -0.1) is 24.8 Å². The van der Waals surface area contributed by atoms with Crippen LogP contribution in [-0.4, -0.2) is 31.1 Å². The number of halogens is 2. The summed E-state index contributed by atoms with van der Waals surface area (Å²) in [7, 11) is 0. The first-order valence-corrected chi connectivity index (χ1v) is 7.59. The largest absolute Gasteiger partial charge is 0.489 e. The van der Waals surface area contributed by atoms with Crippen LogP contribution in [-0.2, 0) is 13.2 Å². The third kappa shape index (κ3) is 6.40. The van der Waals surface area contributed by atoms with Crippen LogP contribution in [0.4, 0.5) is 0 Å². The van der Waals surface area contributed by atoms with Gasteiger partial charge in [0.05, 0.1) is 0 Å². The second-order valence-corrected chi connectivity index (χ2v) is 5.44. The smallest absolute Gasteiger partial charge is 0.119 e. The van der Waals surface area contributed by atoms with Gasteiger partial charge in [-0.25, -0.2) is 0 Å². The summed E-state index contributed by atoms with van der Waals surface area (Å²) >= 11 is 0. The fourth-order valence-electron chi connectivity index (χ4n) is 2.56. The molecule has 0 aliphatic carbocycles. The molecule has 1 saturated heterocycles. The maximum absolute atomic E-state index is 5.81. The lowest BCUT2D eigenvalue weighted by molar-refractivity contribution is 0.233. The van der Waals surface area contributed by atoms with E-state index in [1.165, 1.54) is 11.1 Å². The van der Waals surface area contributed by atoms with Gasteiger partial charge in [-0.05, 0) is 23.3 Å². The van der Waals surface area contributed by atoms with E-state index in [0.29, 0.717) is 6.61 Å². The summed E-state index contributed by atoms with van der Waals surface area (Å²) in [4.78, 5) is 2.48. The number of ether oxygens (including phenoxy) is 1. The van der Waals surface area contributed by atoms with Gasteiger partial charge in [0, 0.05) is 32.7 Å². The lowest BCUT2D eigenvalue weighted by atomic mass is 10.2. The third-order valence-corrected chi connectivity index (χ3v) is 3.79. The maximum atomic E-state index is 5.81. The highest BCUT2D eigenvalue weighted by Gasteiger charge is 2.09. The molecule has 0 radical (unpaired) electrons. The molecule has 1 heterocycles. The third-order valence-electron chi connectivity index (χ3n) is 3.79. The van der Waals surface area contributed by atoms with Gasteiger partial charge in [0.1, 0.15) is 12.4 Å². The molecule has 3 rings (SSSR count). The Morgan fingerprint density at radius 1 is 0.826 bits per heavy atom. The summed E-state index contributed by atoms with van der Waals surface area (Å²) in [6.45, 7) is 6.10. The first kappa shape index (κ1) is 19.8. The van der Waals surface area contributed by atoms with Crippen LogP contribution in [0.1, 0.15) is 11.1 Å². The van der Waals surface area contributed by atoms with Crippen molar-refractivity contribution in [3.63, 3.8) is 0 Å². The summed E-state index contributed by atoms with van der Waals surface area (Å²) in [5.74, 6) is 0.933. The van der Waals surface area contributed by atoms with E-state index in [2.05, 4.69) is 46.6 Å². The molecule has 3 nitrogen and oxygen atoms in total. The Kier molecular flexibility index (Phi) is 9.03. The number of hydrogen-bond acceptors (Lipinski definition) is 3. The van der Waals surface area contributed by atoms with E-state index in [0.717, 1.165) is 38.5 Å². The van der Waals surface area contributed by atoms with Gasteiger partial charge in [-0.1, -0.05) is 42.5 Å². The predicted molar refractivity (Wildman–Crippen MR) is 99.9 cm³/mol. The Morgan fingerprint density at radius 2 is 1.48 bits per heavy atom. The van der Waals surface area contributed by atoms with Gasteiger partial charge in [0.15, 0.2) is 0 Å². The minimum atomic E-state index is 0. The molecule has 0 amide bonds. The molecular formula is C18H24Cl2N2O. The number of nitrogens with one attached hydrogen (secondary N) is 1. The van der Waals surface area contributed by atoms with Gasteiger partial charge in [-0.2, -0.15) is 0 Å². The quantitative estimate of drug-likeness (QED) is 0.888. The minimum absolute atomic E-state index is 0. The number of benzene rings is 2. The van der Waals surface area contributed by atoms with Crippen molar-refractivity contribution in [2.45, 2.75) is 13.2 Å². The molecule has 5 heteroatoms. The van der Waals surface area contributed by atoms with Crippen molar-refractivity contribution in [1.29, 1.82) is 0 Å². The zero-order valence-corrected chi connectivity index (χ0v) is 14.7. The first-order chi connectivity index (χ1) is 10.4. The number of hydrogen-bond donors (Lipinski definition) is 1. The fourth-order valence-corrected chi connectivity index (χ4v) is 2.56. The second kappa shape index (κ2) is 10.5. The Labute approximate surface area is 150 Å². The molecule has 1 aliphatic rings. The van der Waals surface area contributed by atoms with Gasteiger partial charge in [0.2, 0.25) is 0 Å². The monoisotopic (exact) mass is 354 g/mol. The highest BCUT2D eigenvalue weighted by atomic mass is 35.5. The second-order valence-electron chi connectivity index (χ2n) is 5.44. The minimum Gasteiger partial charge on any atom is -0.489 e. The van der Waals surface area contributed by atoms with E-state index in [4.69, 9.17) is 4.74 Å². The van der Waals surface area contributed by atoms with E-state index in [9.17, 15) is 0 Å². The van der Waals surface area contributed by atoms with Gasteiger partial charge in [-0.3, -0.25) is 4.90 Å². The van der Waals surface area contributed by atoms with Crippen LogP contribution in [0.3, 0.4) is 0 Å². The Hall–Kier alpha value is -1.26. The standard InChI is InChI=1S/C18H22N2O.2ClH/c1-2-4-17(5-3-1)15-21-18-8-6-16(7-9-18)14-20-12-10-19-11-13-20;;/h1-9,19H,10-15H2;2*1H. The van der Waals surface area contributed by atoms with Crippen molar-refractivity contribution in [3.05, 3.63) is 65.7 Å². The number of piperazine rings is 1. The van der Waals surface area contributed by atoms with Crippen LogP contribution < -0.4 is 10.1 Å². The molecule has 2 aromatic rings. The van der Waals surface area contributed by atoms with Crippen LogP contribution in [0, 0.1) is 0 Å². The van der Waals surface area contributed by atoms with Crippen molar-refractivity contribution in [2.24, 2.45) is 0 Å². The van der Waals surface area contributed by atoms with Gasteiger partial charge >= 0.3 is 0 Å². The zero-order chi connectivity index (χ0) is 14.3. The van der Waals surface area contributed by atoms with Crippen molar-refractivity contribution in [3.8, 4) is 5.75 Å². The Bertz CT molecular complexity index is 543. The average molecular weight is 355 g/mol. The predicted octanol–water partition coefficient (Wildman–Crippen LogP) is 3.51. The van der Waals surface area contributed by atoms with Crippen LogP contribution in [0.15, 0.2) is 54.6 Å². The van der Waals surface area contributed by atoms with E-state index in [-0.39, 0.29) is 24.8 Å². The molecule has 23 heavy (non-hydrogen) atoms. The van der Waals surface area contributed by atoms with Crippen molar-refractivity contribution in [2.75, 3.05) is 26.2 Å². The van der Waals surface area contributed by atoms with Gasteiger partial charge < -0.3 is 10.1 Å². The fraction of sp³-hybridized carbons (Fsp3) is 0.333. The van der Waals surface area contributed by atoms with Crippen LogP contribution >= 0.6 is 24.8 Å². The first-order valence-electron chi connectivity index (χ1n) is 7.59.